The lowest BCUT2D eigenvalue weighted by Gasteiger charge is -2.35. The van der Waals surface area contributed by atoms with Gasteiger partial charge < -0.3 is 28.0 Å². The number of aryl methyl sites for hydroxylation is 1. The van der Waals surface area contributed by atoms with Crippen molar-refractivity contribution in [2.45, 2.75) is 76.7 Å². The highest BCUT2D eigenvalue weighted by Crippen LogP contribution is 2.42. The van der Waals surface area contributed by atoms with Crippen LogP contribution >= 0.6 is 0 Å². The summed E-state index contributed by atoms with van der Waals surface area (Å²) in [5.74, 6) is -1.19. The zero-order valence-electron chi connectivity index (χ0n) is 29.3. The van der Waals surface area contributed by atoms with Gasteiger partial charge in [-0.05, 0) is 42.5 Å². The van der Waals surface area contributed by atoms with Crippen molar-refractivity contribution in [1.29, 1.82) is 0 Å². The molecule has 2 aliphatic heterocycles. The fourth-order valence-corrected chi connectivity index (χ4v) is 9.42. The molecule has 1 atom stereocenters. The van der Waals surface area contributed by atoms with Gasteiger partial charge in [0.25, 0.3) is 5.56 Å². The van der Waals surface area contributed by atoms with Crippen molar-refractivity contribution in [1.82, 2.24) is 14.7 Å². The summed E-state index contributed by atoms with van der Waals surface area (Å²) in [5, 5.41) is 4.58. The molecular weight excluding hydrogens is 683 g/mol. The minimum atomic E-state index is -1.86. The first-order chi connectivity index (χ1) is 25.1. The lowest BCUT2D eigenvalue weighted by Crippen LogP contribution is -2.47. The van der Waals surface area contributed by atoms with Gasteiger partial charge in [-0.1, -0.05) is 85.8 Å². The first-order valence-corrected chi connectivity index (χ1v) is 20.8. The fourth-order valence-electron chi connectivity index (χ4n) is 7.14. The third-order valence-electron chi connectivity index (χ3n) is 10.1. The zero-order chi connectivity index (χ0) is 36.5. The number of cyclic esters (lactones) is 1. The first kappa shape index (κ1) is 34.9. The molecule has 0 fully saturated rings. The van der Waals surface area contributed by atoms with Gasteiger partial charge in [0.15, 0.2) is 0 Å². The van der Waals surface area contributed by atoms with Crippen LogP contribution in [-0.2, 0) is 55.5 Å². The molecule has 0 bridgehead atoms. The van der Waals surface area contributed by atoms with Crippen molar-refractivity contribution in [2.24, 2.45) is 0 Å². The molecule has 0 radical (unpaired) electrons. The van der Waals surface area contributed by atoms with E-state index in [1.165, 1.54) is 12.3 Å². The van der Waals surface area contributed by atoms with E-state index in [1.54, 1.807) is 17.6 Å². The highest BCUT2D eigenvalue weighted by atomic mass is 28.3. The van der Waals surface area contributed by atoms with Gasteiger partial charge in [-0.3, -0.25) is 4.79 Å². The molecule has 0 saturated carbocycles. The number of hydrogen-bond acceptors (Lipinski definition) is 11. The topological polar surface area (TPSA) is 149 Å². The van der Waals surface area contributed by atoms with Gasteiger partial charge in [-0.25, -0.2) is 19.4 Å². The number of hydrogen-bond donors (Lipinski definition) is 0. The molecule has 52 heavy (non-hydrogen) atoms. The Hall–Kier alpha value is -5.56. The molecule has 2 aliphatic rings. The van der Waals surface area contributed by atoms with Crippen LogP contribution in [0.3, 0.4) is 0 Å². The number of nitrogens with zero attached hydrogens (tertiary/aromatic N) is 3. The number of esters is 2. The molecule has 12 nitrogen and oxygen atoms in total. The fraction of sp³-hybridized carbons (Fsp3) is 0.333. The van der Waals surface area contributed by atoms with Crippen LogP contribution in [0.4, 0.5) is 4.79 Å². The third-order valence-corrected chi connectivity index (χ3v) is 13.4. The van der Waals surface area contributed by atoms with Crippen LogP contribution in [0.5, 0.6) is 0 Å². The van der Waals surface area contributed by atoms with Crippen LogP contribution in [-0.4, -0.2) is 47.5 Å². The zero-order valence-corrected chi connectivity index (χ0v) is 30.3. The summed E-state index contributed by atoms with van der Waals surface area (Å²) in [6.45, 7) is 6.70. The minimum Gasteiger partial charge on any atom is -0.460 e. The van der Waals surface area contributed by atoms with Crippen molar-refractivity contribution in [3.63, 3.8) is 0 Å². The van der Waals surface area contributed by atoms with E-state index in [-0.39, 0.29) is 36.5 Å². The van der Waals surface area contributed by atoms with Gasteiger partial charge in [0.2, 0.25) is 11.4 Å². The normalized spacial score (nSPS) is 16.1. The third kappa shape index (κ3) is 6.63. The predicted octanol–water partition coefficient (Wildman–Crippen LogP) is 6.93. The molecule has 7 rings (SSSR count). The Morgan fingerprint density at radius 1 is 0.981 bits per heavy atom. The summed E-state index contributed by atoms with van der Waals surface area (Å²) in [5.41, 5.74) is 3.25. The van der Waals surface area contributed by atoms with Gasteiger partial charge in [0.1, 0.15) is 13.2 Å². The molecule has 0 saturated heterocycles. The molecular formula is C39H39N3O9Si. The predicted molar refractivity (Wildman–Crippen MR) is 192 cm³/mol. The molecule has 0 amide bonds. The molecule has 0 aliphatic carbocycles. The Kier molecular flexibility index (Phi) is 9.53. The Labute approximate surface area is 300 Å². The van der Waals surface area contributed by atoms with Crippen molar-refractivity contribution in [2.75, 3.05) is 6.61 Å². The summed E-state index contributed by atoms with van der Waals surface area (Å²) >= 11 is 0. The minimum absolute atomic E-state index is 0.0321. The van der Waals surface area contributed by atoms with E-state index >= 15 is 0 Å². The number of pyridine rings is 2. The van der Waals surface area contributed by atoms with Crippen molar-refractivity contribution < 1.29 is 37.9 Å². The molecule has 268 valence electrons. The van der Waals surface area contributed by atoms with Crippen LogP contribution in [0.15, 0.2) is 82.2 Å². The summed E-state index contributed by atoms with van der Waals surface area (Å²) < 4.78 is 28.6. The summed E-state index contributed by atoms with van der Waals surface area (Å²) in [6.07, 6.45) is 1.92. The molecule has 5 aromatic rings. The van der Waals surface area contributed by atoms with E-state index in [2.05, 4.69) is 24.3 Å². The maximum absolute atomic E-state index is 14.2. The molecule has 1 unspecified atom stereocenters. The molecule has 2 aromatic carbocycles. The quantitative estimate of drug-likeness (QED) is 0.0561. The van der Waals surface area contributed by atoms with Gasteiger partial charge in [-0.15, -0.1) is 0 Å². The van der Waals surface area contributed by atoms with Crippen LogP contribution in [0.25, 0.3) is 22.3 Å². The number of carbonyl (C=O) groups excluding carboxylic acids is 3. The molecule has 0 N–H and O–H groups in total. The summed E-state index contributed by atoms with van der Waals surface area (Å²) in [4.78, 5) is 57.9. The second-order valence-corrected chi connectivity index (χ2v) is 19.2. The monoisotopic (exact) mass is 721 g/mol. The summed E-state index contributed by atoms with van der Waals surface area (Å²) in [6, 6.07) is 22.2. The van der Waals surface area contributed by atoms with Crippen LogP contribution < -0.4 is 5.56 Å². The van der Waals surface area contributed by atoms with E-state index < -0.39 is 31.8 Å². The van der Waals surface area contributed by atoms with Crippen molar-refractivity contribution in [3.05, 3.63) is 117 Å². The van der Waals surface area contributed by atoms with E-state index in [0.29, 0.717) is 30.1 Å². The highest BCUT2D eigenvalue weighted by Gasteiger charge is 2.51. The van der Waals surface area contributed by atoms with Gasteiger partial charge in [-0.2, -0.15) is 0 Å². The molecule has 5 heterocycles. The number of ether oxygens (including phenoxy) is 4. The van der Waals surface area contributed by atoms with Crippen molar-refractivity contribution in [3.8, 4) is 11.4 Å². The maximum Gasteiger partial charge on any atom is 0.510 e. The number of carbonyl (C=O) groups is 3. The number of aromatic nitrogens is 3. The standard InChI is InChI=1S/C39H39N3O9Si/c1-4-39(50-38(46)49-23-25-11-6-5-7-12-25)30-21-32-34-28(22-42(32)35(43)29(30)24-48-37(39)45)26(27-13-8-9-14-31(27)41-34)16-20-52(2,3)19-10-18-47-36(44)33-15-17-40-51-33/h5-9,11-15,17,21H,4,10,16,18-20,22-24H2,1-3H3. The van der Waals surface area contributed by atoms with E-state index in [1.807, 2.05) is 48.5 Å². The maximum atomic E-state index is 14.2. The molecule has 0 spiro atoms. The Morgan fingerprint density at radius 3 is 2.54 bits per heavy atom. The van der Waals surface area contributed by atoms with Gasteiger partial charge in [0.05, 0.1) is 41.8 Å². The average Bonchev–Trinajstić information content (AvgIpc) is 3.82. The number of para-hydroxylation sites is 1. The summed E-state index contributed by atoms with van der Waals surface area (Å²) in [7, 11) is -1.76. The number of fused-ring (bicyclic) bond motifs is 5. The SMILES string of the molecule is CCC1(OC(=O)OCc2ccccc2)C(=O)OCc2c1cc1n(c2=O)Cc2c-1nc1ccccc1c2CC[Si](C)(C)CCCOC(=O)c1ccno1. The molecule has 3 aromatic heterocycles. The second kappa shape index (κ2) is 14.2. The Bertz CT molecular complexity index is 2220. The lowest BCUT2D eigenvalue weighted by molar-refractivity contribution is -0.175. The largest absolute Gasteiger partial charge is 0.510 e. The Balaban J connectivity index is 1.16. The Morgan fingerprint density at radius 2 is 1.77 bits per heavy atom. The second-order valence-electron chi connectivity index (χ2n) is 13.9. The van der Waals surface area contributed by atoms with Crippen LogP contribution in [0.2, 0.25) is 25.2 Å². The number of benzene rings is 2. The van der Waals surface area contributed by atoms with Gasteiger partial charge >= 0.3 is 18.1 Å². The van der Waals surface area contributed by atoms with Gasteiger partial charge in [0, 0.05) is 30.7 Å². The highest BCUT2D eigenvalue weighted by molar-refractivity contribution is 6.77. The smallest absolute Gasteiger partial charge is 0.460 e. The lowest BCUT2D eigenvalue weighted by atomic mass is 9.85. The van der Waals surface area contributed by atoms with E-state index in [9.17, 15) is 19.2 Å². The average molecular weight is 722 g/mol. The first-order valence-electron chi connectivity index (χ1n) is 17.4. The number of rotatable bonds is 12. The van der Waals surface area contributed by atoms with E-state index in [4.69, 9.17) is 28.5 Å². The van der Waals surface area contributed by atoms with Crippen molar-refractivity contribution >= 4 is 37.1 Å². The van der Waals surface area contributed by atoms with E-state index in [0.717, 1.165) is 52.5 Å². The molecule has 13 heteroatoms. The van der Waals surface area contributed by atoms with Crippen LogP contribution in [0.1, 0.15) is 58.1 Å². The van der Waals surface area contributed by atoms with Crippen LogP contribution in [0, 0.1) is 0 Å².